The van der Waals surface area contributed by atoms with E-state index in [1.165, 1.54) is 38.5 Å². The highest BCUT2D eigenvalue weighted by Gasteiger charge is 2.10. The van der Waals surface area contributed by atoms with Crippen LogP contribution in [0.5, 0.6) is 5.75 Å². The molecule has 100 valence electrons. The smallest absolute Gasteiger partial charge is 0.119 e. The fourth-order valence-electron chi connectivity index (χ4n) is 2.45. The predicted octanol–water partition coefficient (Wildman–Crippen LogP) is 4.03. The van der Waals surface area contributed by atoms with Gasteiger partial charge in [0.2, 0.25) is 0 Å². The molecule has 0 spiro atoms. The van der Waals surface area contributed by atoms with E-state index in [1.807, 2.05) is 24.3 Å². The van der Waals surface area contributed by atoms with E-state index in [4.69, 9.17) is 16.3 Å². The maximum absolute atomic E-state index is 5.82. The number of hydrogen-bond acceptors (Lipinski definition) is 2. The first-order valence-electron chi connectivity index (χ1n) is 6.96. The summed E-state index contributed by atoms with van der Waals surface area (Å²) in [7, 11) is 0. The first-order chi connectivity index (χ1) is 8.84. The molecule has 2 rings (SSSR count). The van der Waals surface area contributed by atoms with Gasteiger partial charge in [-0.25, -0.2) is 0 Å². The van der Waals surface area contributed by atoms with Crippen LogP contribution >= 0.6 is 11.6 Å². The van der Waals surface area contributed by atoms with Gasteiger partial charge in [0, 0.05) is 17.6 Å². The minimum Gasteiger partial charge on any atom is -0.492 e. The largest absolute Gasteiger partial charge is 0.492 e. The van der Waals surface area contributed by atoms with E-state index in [0.717, 1.165) is 23.9 Å². The van der Waals surface area contributed by atoms with Crippen LogP contribution in [-0.4, -0.2) is 19.2 Å². The second-order valence-electron chi connectivity index (χ2n) is 4.94. The summed E-state index contributed by atoms with van der Waals surface area (Å²) in [6.07, 6.45) is 8.19. The van der Waals surface area contributed by atoms with Gasteiger partial charge in [0.15, 0.2) is 0 Å². The topological polar surface area (TPSA) is 21.3 Å². The van der Waals surface area contributed by atoms with Crippen molar-refractivity contribution in [2.75, 3.05) is 13.2 Å². The van der Waals surface area contributed by atoms with Crippen LogP contribution in [0.4, 0.5) is 0 Å². The molecule has 0 bridgehead atoms. The highest BCUT2D eigenvalue weighted by molar-refractivity contribution is 6.30. The minimum absolute atomic E-state index is 0.696. The Morgan fingerprint density at radius 3 is 2.39 bits per heavy atom. The van der Waals surface area contributed by atoms with Gasteiger partial charge < -0.3 is 10.1 Å². The summed E-state index contributed by atoms with van der Waals surface area (Å²) in [5, 5.41) is 4.34. The van der Waals surface area contributed by atoms with Crippen LogP contribution in [0.1, 0.15) is 38.5 Å². The number of ether oxygens (including phenoxy) is 1. The zero-order chi connectivity index (χ0) is 12.6. The fourth-order valence-corrected chi connectivity index (χ4v) is 2.57. The molecule has 0 unspecified atom stereocenters. The van der Waals surface area contributed by atoms with Crippen LogP contribution in [0.2, 0.25) is 5.02 Å². The monoisotopic (exact) mass is 267 g/mol. The summed E-state index contributed by atoms with van der Waals surface area (Å²) in [5.41, 5.74) is 0. The lowest BCUT2D eigenvalue weighted by atomic mass is 10.1. The summed E-state index contributed by atoms with van der Waals surface area (Å²) in [6.45, 7) is 1.64. The van der Waals surface area contributed by atoms with Crippen molar-refractivity contribution in [2.45, 2.75) is 44.6 Å². The van der Waals surface area contributed by atoms with Gasteiger partial charge in [-0.2, -0.15) is 0 Å². The van der Waals surface area contributed by atoms with Crippen LogP contribution in [0.15, 0.2) is 24.3 Å². The lowest BCUT2D eigenvalue weighted by Gasteiger charge is -2.16. The zero-order valence-corrected chi connectivity index (χ0v) is 11.6. The highest BCUT2D eigenvalue weighted by atomic mass is 35.5. The van der Waals surface area contributed by atoms with Gasteiger partial charge in [0.1, 0.15) is 12.4 Å². The lowest BCUT2D eigenvalue weighted by Crippen LogP contribution is -2.32. The quantitative estimate of drug-likeness (QED) is 0.642. The summed E-state index contributed by atoms with van der Waals surface area (Å²) < 4.78 is 5.66. The Balaban J connectivity index is 1.61. The Hall–Kier alpha value is -0.730. The number of nitrogens with one attached hydrogen (secondary N) is 1. The minimum atomic E-state index is 0.696. The third-order valence-electron chi connectivity index (χ3n) is 3.47. The van der Waals surface area contributed by atoms with E-state index in [1.54, 1.807) is 0 Å². The fraction of sp³-hybridized carbons (Fsp3) is 0.600. The lowest BCUT2D eigenvalue weighted by molar-refractivity contribution is 0.300. The maximum atomic E-state index is 5.82. The van der Waals surface area contributed by atoms with Gasteiger partial charge in [-0.05, 0) is 37.1 Å². The number of hydrogen-bond donors (Lipinski definition) is 1. The molecule has 0 aliphatic heterocycles. The van der Waals surface area contributed by atoms with Crippen LogP contribution in [-0.2, 0) is 0 Å². The third kappa shape index (κ3) is 4.87. The van der Waals surface area contributed by atoms with Gasteiger partial charge in [0.25, 0.3) is 0 Å². The van der Waals surface area contributed by atoms with Crippen molar-refractivity contribution in [3.05, 3.63) is 29.3 Å². The van der Waals surface area contributed by atoms with E-state index in [9.17, 15) is 0 Å². The predicted molar refractivity (Wildman–Crippen MR) is 76.4 cm³/mol. The number of rotatable bonds is 5. The summed E-state index contributed by atoms with van der Waals surface area (Å²) >= 11 is 5.82. The molecule has 0 saturated heterocycles. The second kappa shape index (κ2) is 7.65. The second-order valence-corrected chi connectivity index (χ2v) is 5.38. The maximum Gasteiger partial charge on any atom is 0.119 e. The summed E-state index contributed by atoms with van der Waals surface area (Å²) in [4.78, 5) is 0. The molecule has 2 nitrogen and oxygen atoms in total. The molecule has 3 heteroatoms. The molecule has 1 N–H and O–H groups in total. The normalized spacial score (nSPS) is 17.4. The standard InChI is InChI=1S/C15H22ClNO/c16-13-7-9-15(10-8-13)18-12-11-17-14-5-3-1-2-4-6-14/h7-10,14,17H,1-6,11-12H2. The SMILES string of the molecule is Clc1ccc(OCCNC2CCCCCC2)cc1. The van der Waals surface area contributed by atoms with Crippen molar-refractivity contribution in [1.29, 1.82) is 0 Å². The molecular weight excluding hydrogens is 246 g/mol. The van der Waals surface area contributed by atoms with Crippen LogP contribution in [0, 0.1) is 0 Å². The molecule has 1 aliphatic rings. The molecule has 1 aliphatic carbocycles. The molecule has 0 heterocycles. The molecule has 1 fully saturated rings. The van der Waals surface area contributed by atoms with Crippen molar-refractivity contribution in [3.63, 3.8) is 0 Å². The van der Waals surface area contributed by atoms with Crippen molar-refractivity contribution >= 4 is 11.6 Å². The van der Waals surface area contributed by atoms with E-state index in [2.05, 4.69) is 5.32 Å². The molecule has 1 saturated carbocycles. The van der Waals surface area contributed by atoms with Gasteiger partial charge in [-0.15, -0.1) is 0 Å². The first kappa shape index (κ1) is 13.7. The number of benzene rings is 1. The van der Waals surface area contributed by atoms with Gasteiger partial charge in [-0.3, -0.25) is 0 Å². The van der Waals surface area contributed by atoms with E-state index in [-0.39, 0.29) is 0 Å². The van der Waals surface area contributed by atoms with E-state index in [0.29, 0.717) is 6.04 Å². The van der Waals surface area contributed by atoms with Crippen molar-refractivity contribution in [3.8, 4) is 5.75 Å². The third-order valence-corrected chi connectivity index (χ3v) is 3.72. The van der Waals surface area contributed by atoms with Gasteiger partial charge >= 0.3 is 0 Å². The summed E-state index contributed by atoms with van der Waals surface area (Å²) in [6, 6.07) is 8.23. The van der Waals surface area contributed by atoms with E-state index >= 15 is 0 Å². The highest BCUT2D eigenvalue weighted by Crippen LogP contribution is 2.17. The van der Waals surface area contributed by atoms with Crippen LogP contribution in [0.3, 0.4) is 0 Å². The van der Waals surface area contributed by atoms with Crippen molar-refractivity contribution < 1.29 is 4.74 Å². The molecule has 0 amide bonds. The van der Waals surface area contributed by atoms with Crippen molar-refractivity contribution in [1.82, 2.24) is 5.32 Å². The Bertz CT molecular complexity index is 331. The van der Waals surface area contributed by atoms with Gasteiger partial charge in [-0.1, -0.05) is 37.3 Å². The molecule has 0 aromatic heterocycles. The Morgan fingerprint density at radius 1 is 1.06 bits per heavy atom. The average Bonchev–Trinajstić information content (AvgIpc) is 2.65. The zero-order valence-electron chi connectivity index (χ0n) is 10.8. The Morgan fingerprint density at radius 2 is 1.72 bits per heavy atom. The first-order valence-corrected chi connectivity index (χ1v) is 7.34. The molecule has 1 aromatic carbocycles. The Labute approximate surface area is 115 Å². The van der Waals surface area contributed by atoms with Crippen molar-refractivity contribution in [2.24, 2.45) is 0 Å². The van der Waals surface area contributed by atoms with E-state index < -0.39 is 0 Å². The molecule has 0 radical (unpaired) electrons. The number of halogens is 1. The molecule has 18 heavy (non-hydrogen) atoms. The Kier molecular flexibility index (Phi) is 5.82. The molecule has 0 atom stereocenters. The van der Waals surface area contributed by atoms with Gasteiger partial charge in [0.05, 0.1) is 0 Å². The molecular formula is C15H22ClNO. The molecule has 1 aromatic rings. The van der Waals surface area contributed by atoms with Crippen LogP contribution in [0.25, 0.3) is 0 Å². The average molecular weight is 268 g/mol. The summed E-state index contributed by atoms with van der Waals surface area (Å²) in [5.74, 6) is 0.891. The van der Waals surface area contributed by atoms with Crippen LogP contribution < -0.4 is 10.1 Å².